The maximum Gasteiger partial charge on any atom is 0.133 e. The van der Waals surface area contributed by atoms with Crippen LogP contribution in [0, 0.1) is 22.7 Å². The highest BCUT2D eigenvalue weighted by Gasteiger charge is 2.43. The zero-order valence-electron chi connectivity index (χ0n) is 20.7. The van der Waals surface area contributed by atoms with Crippen LogP contribution in [0.4, 0.5) is 0 Å². The first-order valence-electron chi connectivity index (χ1n) is 13.4. The van der Waals surface area contributed by atoms with Gasteiger partial charge < -0.3 is 4.74 Å². The minimum atomic E-state index is -0.285. The zero-order valence-corrected chi connectivity index (χ0v) is 20.7. The molecular weight excluding hydrogens is 418 g/mol. The van der Waals surface area contributed by atoms with Crippen molar-refractivity contribution in [1.82, 2.24) is 0 Å². The van der Waals surface area contributed by atoms with E-state index in [2.05, 4.69) is 61.5 Å². The summed E-state index contributed by atoms with van der Waals surface area (Å²) in [5.74, 6) is 2.08. The van der Waals surface area contributed by atoms with Crippen LogP contribution in [0.15, 0.2) is 48.5 Å². The van der Waals surface area contributed by atoms with Gasteiger partial charge in [0.05, 0.1) is 18.1 Å². The highest BCUT2D eigenvalue weighted by Crippen LogP contribution is 2.50. The number of benzene rings is 2. The number of rotatable bonds is 9. The second kappa shape index (κ2) is 11.7. The van der Waals surface area contributed by atoms with Crippen molar-refractivity contribution in [1.29, 1.82) is 5.26 Å². The van der Waals surface area contributed by atoms with Gasteiger partial charge >= 0.3 is 0 Å². The van der Waals surface area contributed by atoms with Crippen LogP contribution in [0.1, 0.15) is 95.5 Å². The SMILES string of the molecule is CCCCCCOc1ccc(-c2ccc(C3CCC(C#N)(C4CCCC(=O)C4)CC3)cc2)cc1. The Labute approximate surface area is 205 Å². The molecule has 3 heteroatoms. The Morgan fingerprint density at radius 2 is 1.62 bits per heavy atom. The second-order valence-electron chi connectivity index (χ2n) is 10.4. The summed E-state index contributed by atoms with van der Waals surface area (Å²) >= 11 is 0. The van der Waals surface area contributed by atoms with Crippen LogP contribution in [-0.4, -0.2) is 12.4 Å². The minimum absolute atomic E-state index is 0.269. The molecule has 0 spiro atoms. The minimum Gasteiger partial charge on any atom is -0.494 e. The number of nitrogens with zero attached hydrogens (tertiary/aromatic N) is 1. The summed E-state index contributed by atoms with van der Waals surface area (Å²) in [5.41, 5.74) is 3.52. The van der Waals surface area contributed by atoms with Gasteiger partial charge in [-0.25, -0.2) is 0 Å². The van der Waals surface area contributed by atoms with E-state index in [9.17, 15) is 10.1 Å². The molecule has 0 heterocycles. The molecule has 0 radical (unpaired) electrons. The van der Waals surface area contributed by atoms with Crippen molar-refractivity contribution < 1.29 is 9.53 Å². The number of unbranched alkanes of at least 4 members (excludes halogenated alkanes) is 3. The normalized spacial score (nSPS) is 25.0. The number of nitriles is 1. The molecule has 0 amide bonds. The van der Waals surface area contributed by atoms with E-state index in [4.69, 9.17) is 4.74 Å². The van der Waals surface area contributed by atoms with Gasteiger partial charge in [-0.2, -0.15) is 5.26 Å². The third-order valence-corrected chi connectivity index (χ3v) is 8.20. The molecule has 1 unspecified atom stereocenters. The maximum absolute atomic E-state index is 12.0. The van der Waals surface area contributed by atoms with Crippen LogP contribution in [0.25, 0.3) is 11.1 Å². The summed E-state index contributed by atoms with van der Waals surface area (Å²) < 4.78 is 5.88. The van der Waals surface area contributed by atoms with Crippen molar-refractivity contribution in [2.24, 2.45) is 11.3 Å². The second-order valence-corrected chi connectivity index (χ2v) is 10.4. The Morgan fingerprint density at radius 1 is 0.941 bits per heavy atom. The largest absolute Gasteiger partial charge is 0.494 e. The fraction of sp³-hybridized carbons (Fsp3) is 0.548. The molecule has 1 atom stereocenters. The molecule has 0 aromatic heterocycles. The Balaban J connectivity index is 1.32. The summed E-state index contributed by atoms with van der Waals surface area (Å²) in [7, 11) is 0. The number of Topliss-reactive ketones (excluding diaryl/α,β-unsaturated/α-hetero) is 1. The summed E-state index contributed by atoms with van der Waals surface area (Å²) in [6.07, 6.45) is 12.2. The molecule has 2 aliphatic rings. The highest BCUT2D eigenvalue weighted by molar-refractivity contribution is 5.79. The summed E-state index contributed by atoms with van der Waals surface area (Å²) in [6.45, 7) is 3.02. The first kappa shape index (κ1) is 24.5. The maximum atomic E-state index is 12.0. The lowest BCUT2D eigenvalue weighted by atomic mass is 9.60. The lowest BCUT2D eigenvalue weighted by molar-refractivity contribution is -0.123. The van der Waals surface area contributed by atoms with E-state index in [0.717, 1.165) is 57.3 Å². The van der Waals surface area contributed by atoms with E-state index in [-0.39, 0.29) is 11.3 Å². The van der Waals surface area contributed by atoms with E-state index in [1.54, 1.807) is 0 Å². The van der Waals surface area contributed by atoms with Crippen molar-refractivity contribution in [3.8, 4) is 22.9 Å². The van der Waals surface area contributed by atoms with Gasteiger partial charge in [0.2, 0.25) is 0 Å². The van der Waals surface area contributed by atoms with Crippen LogP contribution >= 0.6 is 0 Å². The van der Waals surface area contributed by atoms with Crippen LogP contribution in [0.2, 0.25) is 0 Å². The van der Waals surface area contributed by atoms with Crippen molar-refractivity contribution in [2.75, 3.05) is 6.61 Å². The van der Waals surface area contributed by atoms with Gasteiger partial charge in [-0.15, -0.1) is 0 Å². The van der Waals surface area contributed by atoms with E-state index >= 15 is 0 Å². The molecule has 0 aliphatic heterocycles. The smallest absolute Gasteiger partial charge is 0.133 e. The first-order chi connectivity index (χ1) is 16.6. The van der Waals surface area contributed by atoms with E-state index in [1.807, 2.05) is 0 Å². The lowest BCUT2D eigenvalue weighted by Gasteiger charge is -2.42. The molecule has 0 saturated heterocycles. The molecule has 180 valence electrons. The summed E-state index contributed by atoms with van der Waals surface area (Å²) in [4.78, 5) is 12.0. The van der Waals surface area contributed by atoms with Gasteiger partial charge in [-0.05, 0) is 85.6 Å². The van der Waals surface area contributed by atoms with Crippen LogP contribution in [0.5, 0.6) is 5.75 Å². The van der Waals surface area contributed by atoms with Crippen molar-refractivity contribution in [2.45, 2.75) is 89.9 Å². The van der Waals surface area contributed by atoms with Gasteiger partial charge in [0, 0.05) is 12.8 Å². The van der Waals surface area contributed by atoms with Crippen molar-refractivity contribution in [3.63, 3.8) is 0 Å². The molecule has 2 aromatic rings. The molecule has 4 rings (SSSR count). The molecule has 0 bridgehead atoms. The lowest BCUT2D eigenvalue weighted by Crippen LogP contribution is -2.36. The number of hydrogen-bond acceptors (Lipinski definition) is 3. The molecule has 2 aromatic carbocycles. The number of carbonyl (C=O) groups excluding carboxylic acids is 1. The number of ketones is 1. The highest BCUT2D eigenvalue weighted by atomic mass is 16.5. The van der Waals surface area contributed by atoms with Gasteiger partial charge in [-0.3, -0.25) is 4.79 Å². The Morgan fingerprint density at radius 3 is 2.24 bits per heavy atom. The average molecular weight is 458 g/mol. The molecule has 34 heavy (non-hydrogen) atoms. The quantitative estimate of drug-likeness (QED) is 0.356. The predicted molar refractivity (Wildman–Crippen MR) is 138 cm³/mol. The number of ether oxygens (including phenoxy) is 1. The van der Waals surface area contributed by atoms with Gasteiger partial charge in [-0.1, -0.05) is 62.6 Å². The zero-order chi connectivity index (χ0) is 23.8. The third kappa shape index (κ3) is 5.90. The molecule has 3 nitrogen and oxygen atoms in total. The first-order valence-corrected chi connectivity index (χ1v) is 13.4. The van der Waals surface area contributed by atoms with E-state index in [0.29, 0.717) is 24.5 Å². The molecular formula is C31H39NO2. The monoisotopic (exact) mass is 457 g/mol. The molecule has 2 aliphatic carbocycles. The van der Waals surface area contributed by atoms with Crippen molar-refractivity contribution in [3.05, 3.63) is 54.1 Å². The molecule has 2 fully saturated rings. The van der Waals surface area contributed by atoms with Gasteiger partial charge in [0.25, 0.3) is 0 Å². The number of carbonyl (C=O) groups is 1. The third-order valence-electron chi connectivity index (χ3n) is 8.20. The average Bonchev–Trinajstić information content (AvgIpc) is 2.89. The predicted octanol–water partition coefficient (Wildman–Crippen LogP) is 8.24. The van der Waals surface area contributed by atoms with Crippen LogP contribution < -0.4 is 4.74 Å². The Hall–Kier alpha value is -2.60. The fourth-order valence-electron chi connectivity index (χ4n) is 5.98. The van der Waals surface area contributed by atoms with Gasteiger partial charge in [0.1, 0.15) is 11.5 Å². The summed E-state index contributed by atoms with van der Waals surface area (Å²) in [6, 6.07) is 20.1. The topological polar surface area (TPSA) is 50.1 Å². The van der Waals surface area contributed by atoms with Crippen molar-refractivity contribution >= 4 is 5.78 Å². The summed E-state index contributed by atoms with van der Waals surface area (Å²) in [5, 5.41) is 10.0. The number of hydrogen-bond donors (Lipinski definition) is 0. The standard InChI is InChI=1S/C31H39NO2/c1-2-3-4-5-21-34-30-15-13-26(14-16-30)24-9-11-25(12-10-24)27-17-19-31(23-32,20-18-27)28-7-6-8-29(33)22-28/h9-16,27-28H,2-8,17-22H2,1H3. The van der Waals surface area contributed by atoms with E-state index < -0.39 is 0 Å². The Bertz CT molecular complexity index is 962. The Kier molecular flexibility index (Phi) is 8.44. The molecule has 2 saturated carbocycles. The fourth-order valence-corrected chi connectivity index (χ4v) is 5.98. The molecule has 0 N–H and O–H groups in total. The van der Waals surface area contributed by atoms with Gasteiger partial charge in [0.15, 0.2) is 0 Å². The van der Waals surface area contributed by atoms with Crippen LogP contribution in [-0.2, 0) is 4.79 Å². The van der Waals surface area contributed by atoms with E-state index in [1.165, 1.54) is 36.0 Å². The van der Waals surface area contributed by atoms with Crippen LogP contribution in [0.3, 0.4) is 0 Å².